The number of carbonyl (C=O) groups is 1. The van der Waals surface area contributed by atoms with Gasteiger partial charge in [-0.25, -0.2) is 9.97 Å². The molecule has 2 heterocycles. The molecule has 1 amide bonds. The summed E-state index contributed by atoms with van der Waals surface area (Å²) in [4.78, 5) is 23.0. The van der Waals surface area contributed by atoms with Gasteiger partial charge in [0.1, 0.15) is 23.6 Å². The lowest BCUT2D eigenvalue weighted by Gasteiger charge is -2.20. The number of halogens is 1. The zero-order valence-electron chi connectivity index (χ0n) is 15.1. The molecule has 0 bridgehead atoms. The number of ether oxygens (including phenoxy) is 1. The molecule has 0 unspecified atom stereocenters. The smallest absolute Gasteiger partial charge is 0.272 e. The molecule has 0 aliphatic carbocycles. The third-order valence-corrected chi connectivity index (χ3v) is 4.93. The number of methoxy groups -OCH3 is 1. The fourth-order valence-corrected chi connectivity index (χ4v) is 3.20. The van der Waals surface area contributed by atoms with Crippen molar-refractivity contribution in [3.8, 4) is 5.75 Å². The van der Waals surface area contributed by atoms with E-state index in [1.807, 2.05) is 17.9 Å². The Balaban J connectivity index is 1.81. The summed E-state index contributed by atoms with van der Waals surface area (Å²) >= 11 is 6.15. The van der Waals surface area contributed by atoms with E-state index in [1.165, 1.54) is 19.2 Å². The number of rotatable bonds is 4. The molecule has 1 fully saturated rings. The van der Waals surface area contributed by atoms with Crippen LogP contribution in [-0.2, 0) is 0 Å². The van der Waals surface area contributed by atoms with Gasteiger partial charge in [0.2, 0.25) is 0 Å². The average Bonchev–Trinajstić information content (AvgIpc) is 2.93. The first-order valence-corrected chi connectivity index (χ1v) is 9.19. The second kappa shape index (κ2) is 8.36. The zero-order valence-corrected chi connectivity index (χ0v) is 15.8. The molecule has 0 radical (unpaired) electrons. The predicted octanol–water partition coefficient (Wildman–Crippen LogP) is 4.21. The summed E-state index contributed by atoms with van der Waals surface area (Å²) < 4.78 is 5.37. The van der Waals surface area contributed by atoms with E-state index in [2.05, 4.69) is 15.3 Å². The van der Waals surface area contributed by atoms with Crippen LogP contribution in [0.2, 0.25) is 5.02 Å². The summed E-state index contributed by atoms with van der Waals surface area (Å²) in [5.41, 5.74) is 2.06. The van der Waals surface area contributed by atoms with Gasteiger partial charge < -0.3 is 15.0 Å². The van der Waals surface area contributed by atoms with Gasteiger partial charge in [-0.3, -0.25) is 4.79 Å². The lowest BCUT2D eigenvalue weighted by molar-refractivity contribution is 0.0755. The third-order valence-electron chi connectivity index (χ3n) is 4.52. The van der Waals surface area contributed by atoms with E-state index in [9.17, 15) is 4.79 Å². The fourth-order valence-electron chi connectivity index (χ4n) is 3.05. The summed E-state index contributed by atoms with van der Waals surface area (Å²) in [7, 11) is 1.58. The van der Waals surface area contributed by atoms with Crippen molar-refractivity contribution in [1.29, 1.82) is 0 Å². The van der Waals surface area contributed by atoms with Crippen LogP contribution >= 0.6 is 11.6 Å². The average molecular weight is 375 g/mol. The highest BCUT2D eigenvalue weighted by Crippen LogP contribution is 2.32. The van der Waals surface area contributed by atoms with Crippen LogP contribution in [0.5, 0.6) is 5.75 Å². The molecule has 0 spiro atoms. The molecular formula is C19H23ClN4O2. The number of benzene rings is 1. The minimum Gasteiger partial charge on any atom is -0.495 e. The number of nitrogens with zero attached hydrogens (tertiary/aromatic N) is 3. The Labute approximate surface area is 158 Å². The van der Waals surface area contributed by atoms with Crippen LogP contribution in [-0.4, -0.2) is 41.0 Å². The van der Waals surface area contributed by atoms with Gasteiger partial charge in [0.05, 0.1) is 12.8 Å². The minimum absolute atomic E-state index is 0.0448. The fraction of sp³-hybridized carbons (Fsp3) is 0.421. The van der Waals surface area contributed by atoms with Gasteiger partial charge in [0.15, 0.2) is 0 Å². The molecule has 1 aromatic carbocycles. The highest BCUT2D eigenvalue weighted by Gasteiger charge is 2.19. The summed E-state index contributed by atoms with van der Waals surface area (Å²) in [5, 5.41) is 3.83. The van der Waals surface area contributed by atoms with Crippen molar-refractivity contribution in [2.45, 2.75) is 32.6 Å². The lowest BCUT2D eigenvalue weighted by atomic mass is 10.2. The van der Waals surface area contributed by atoms with E-state index in [-0.39, 0.29) is 5.91 Å². The molecule has 1 aromatic heterocycles. The Kier molecular flexibility index (Phi) is 5.93. The number of nitrogens with one attached hydrogen (secondary N) is 1. The molecule has 0 saturated carbocycles. The molecule has 138 valence electrons. The highest BCUT2D eigenvalue weighted by atomic mass is 35.5. The number of aromatic nitrogens is 2. The number of hydrogen-bond donors (Lipinski definition) is 1. The van der Waals surface area contributed by atoms with Crippen LogP contribution in [0.25, 0.3) is 0 Å². The standard InChI is InChI=1S/C19H23ClN4O2/c1-13-9-15(17(26-2)10-14(13)20)23-18-11-16(21-12-22-18)19(25)24-7-5-3-4-6-8-24/h9-12H,3-8H2,1-2H3,(H,21,22,23). The second-order valence-corrected chi connectivity index (χ2v) is 6.83. The molecule has 6 nitrogen and oxygen atoms in total. The molecule has 7 heteroatoms. The highest BCUT2D eigenvalue weighted by molar-refractivity contribution is 6.31. The summed E-state index contributed by atoms with van der Waals surface area (Å²) in [5.74, 6) is 1.11. The molecule has 1 N–H and O–H groups in total. The van der Waals surface area contributed by atoms with E-state index in [0.717, 1.165) is 37.2 Å². The van der Waals surface area contributed by atoms with Gasteiger partial charge >= 0.3 is 0 Å². The Morgan fingerprint density at radius 3 is 2.58 bits per heavy atom. The van der Waals surface area contributed by atoms with E-state index in [4.69, 9.17) is 16.3 Å². The first-order valence-electron chi connectivity index (χ1n) is 8.81. The summed E-state index contributed by atoms with van der Waals surface area (Å²) in [6.07, 6.45) is 5.85. The molecule has 2 aromatic rings. The largest absolute Gasteiger partial charge is 0.495 e. The van der Waals surface area contributed by atoms with Crippen LogP contribution in [0.15, 0.2) is 24.5 Å². The van der Waals surface area contributed by atoms with Crippen LogP contribution in [0, 0.1) is 6.92 Å². The van der Waals surface area contributed by atoms with Crippen molar-refractivity contribution in [3.05, 3.63) is 40.8 Å². The van der Waals surface area contributed by atoms with Crippen molar-refractivity contribution in [1.82, 2.24) is 14.9 Å². The monoisotopic (exact) mass is 374 g/mol. The first-order chi connectivity index (χ1) is 12.6. The number of carbonyl (C=O) groups excluding carboxylic acids is 1. The Morgan fingerprint density at radius 1 is 1.15 bits per heavy atom. The molecule has 3 rings (SSSR count). The molecular weight excluding hydrogens is 352 g/mol. The third kappa shape index (κ3) is 4.25. The van der Waals surface area contributed by atoms with E-state index >= 15 is 0 Å². The van der Waals surface area contributed by atoms with Gasteiger partial charge in [0.25, 0.3) is 5.91 Å². The van der Waals surface area contributed by atoms with Crippen LogP contribution in [0.3, 0.4) is 0 Å². The molecule has 26 heavy (non-hydrogen) atoms. The second-order valence-electron chi connectivity index (χ2n) is 6.42. The Hall–Kier alpha value is -2.34. The van der Waals surface area contributed by atoms with E-state index in [0.29, 0.717) is 22.3 Å². The van der Waals surface area contributed by atoms with Gasteiger partial charge in [-0.15, -0.1) is 0 Å². The number of likely N-dealkylation sites (tertiary alicyclic amines) is 1. The van der Waals surface area contributed by atoms with Crippen LogP contribution in [0.4, 0.5) is 11.5 Å². The van der Waals surface area contributed by atoms with Crippen molar-refractivity contribution in [2.75, 3.05) is 25.5 Å². The molecule has 0 atom stereocenters. The minimum atomic E-state index is -0.0448. The first kappa shape index (κ1) is 18.5. The SMILES string of the molecule is COc1cc(Cl)c(C)cc1Nc1cc(C(=O)N2CCCCCC2)ncn1. The maximum Gasteiger partial charge on any atom is 0.272 e. The molecule has 1 aliphatic heterocycles. The maximum absolute atomic E-state index is 12.7. The topological polar surface area (TPSA) is 67.3 Å². The quantitative estimate of drug-likeness (QED) is 0.868. The molecule has 1 aliphatic rings. The van der Waals surface area contributed by atoms with Crippen molar-refractivity contribution in [2.24, 2.45) is 0 Å². The maximum atomic E-state index is 12.7. The Bertz CT molecular complexity index is 789. The normalized spacial score (nSPS) is 14.7. The summed E-state index contributed by atoms with van der Waals surface area (Å²) in [6.45, 7) is 3.49. The predicted molar refractivity (Wildman–Crippen MR) is 102 cm³/mol. The van der Waals surface area contributed by atoms with Gasteiger partial charge in [0, 0.05) is 30.2 Å². The number of anilines is 2. The van der Waals surface area contributed by atoms with Crippen LogP contribution < -0.4 is 10.1 Å². The van der Waals surface area contributed by atoms with Gasteiger partial charge in [-0.05, 0) is 31.4 Å². The number of amides is 1. The number of hydrogen-bond acceptors (Lipinski definition) is 5. The summed E-state index contributed by atoms with van der Waals surface area (Å²) in [6, 6.07) is 5.32. The van der Waals surface area contributed by atoms with Crippen molar-refractivity contribution in [3.63, 3.8) is 0 Å². The molecule has 1 saturated heterocycles. The Morgan fingerprint density at radius 2 is 1.88 bits per heavy atom. The van der Waals surface area contributed by atoms with Crippen LogP contribution in [0.1, 0.15) is 41.7 Å². The zero-order chi connectivity index (χ0) is 18.5. The van der Waals surface area contributed by atoms with Crippen molar-refractivity contribution >= 4 is 29.0 Å². The van der Waals surface area contributed by atoms with E-state index in [1.54, 1.807) is 19.2 Å². The van der Waals surface area contributed by atoms with Crippen molar-refractivity contribution < 1.29 is 9.53 Å². The van der Waals surface area contributed by atoms with Gasteiger partial charge in [-0.2, -0.15) is 0 Å². The number of aryl methyl sites for hydroxylation is 1. The van der Waals surface area contributed by atoms with Gasteiger partial charge in [-0.1, -0.05) is 24.4 Å². The van der Waals surface area contributed by atoms with E-state index < -0.39 is 0 Å². The lowest BCUT2D eigenvalue weighted by Crippen LogP contribution is -2.32.